The molecule has 0 aliphatic rings. The molecule has 0 unspecified atom stereocenters. The van der Waals surface area contributed by atoms with Crippen LogP contribution in [0, 0.1) is 19.0 Å². The lowest BCUT2D eigenvalue weighted by Crippen LogP contribution is -2.28. The Morgan fingerprint density at radius 2 is 1.56 bits per heavy atom. The average Bonchev–Trinajstić information content (AvgIpc) is 2.95. The molecule has 0 aliphatic heterocycles. The summed E-state index contributed by atoms with van der Waals surface area (Å²) in [5.74, 6) is 2.03. The second-order valence-corrected chi connectivity index (χ2v) is 7.37. The Morgan fingerprint density at radius 1 is 0.960 bits per heavy atom. The molecule has 3 aromatic rings. The van der Waals surface area contributed by atoms with Crippen molar-refractivity contribution in [2.24, 2.45) is 0 Å². The number of aryl methyl sites for hydroxylation is 1. The SMILES string of the molecule is C=[n+]1cc[n+](=c2c(C(C)C)c[cH-]cc2C(C)C)[c-]1-c1ccccc1C. The molecule has 2 aromatic carbocycles. The Hall–Kier alpha value is -2.48. The molecule has 3 rings (SSSR count). The van der Waals surface area contributed by atoms with E-state index in [-0.39, 0.29) is 0 Å². The largest absolute Gasteiger partial charge is 0.395 e. The quantitative estimate of drug-likeness (QED) is 0.489. The van der Waals surface area contributed by atoms with Crippen molar-refractivity contribution in [3.05, 3.63) is 83.6 Å². The first-order valence-corrected chi connectivity index (χ1v) is 9.04. The summed E-state index contributed by atoms with van der Waals surface area (Å²) in [5, 5.41) is 1.30. The number of rotatable bonds is 3. The highest BCUT2D eigenvalue weighted by molar-refractivity contribution is 5.54. The van der Waals surface area contributed by atoms with Gasteiger partial charge in [0.1, 0.15) is 6.72 Å². The molecule has 0 bridgehead atoms. The molecular formula is C23H28N2. The van der Waals surface area contributed by atoms with Gasteiger partial charge in [0.15, 0.2) is 12.4 Å². The Bertz CT molecular complexity index is 1000. The summed E-state index contributed by atoms with van der Waals surface area (Å²) < 4.78 is 4.30. The van der Waals surface area contributed by atoms with Crippen LogP contribution in [0.4, 0.5) is 0 Å². The van der Waals surface area contributed by atoms with Crippen molar-refractivity contribution in [2.75, 3.05) is 0 Å². The van der Waals surface area contributed by atoms with Gasteiger partial charge in [-0.1, -0.05) is 76.3 Å². The Labute approximate surface area is 150 Å². The van der Waals surface area contributed by atoms with Crippen LogP contribution in [0.25, 0.3) is 11.4 Å². The fourth-order valence-corrected chi connectivity index (χ4v) is 3.51. The van der Waals surface area contributed by atoms with Crippen molar-refractivity contribution in [3.63, 3.8) is 0 Å². The number of hydrogen-bond donors (Lipinski definition) is 0. The van der Waals surface area contributed by atoms with E-state index in [1.54, 1.807) is 0 Å². The van der Waals surface area contributed by atoms with Gasteiger partial charge in [-0.25, -0.2) is 0 Å². The molecule has 0 spiro atoms. The van der Waals surface area contributed by atoms with Crippen molar-refractivity contribution >= 4 is 0 Å². The van der Waals surface area contributed by atoms with Gasteiger partial charge in [-0.3, -0.25) is 0 Å². The summed E-state index contributed by atoms with van der Waals surface area (Å²) in [6.45, 7) is 15.4. The Balaban J connectivity index is 2.59. The van der Waals surface area contributed by atoms with Crippen LogP contribution in [0.3, 0.4) is 0 Å². The van der Waals surface area contributed by atoms with Gasteiger partial charge in [0, 0.05) is 5.56 Å². The average molecular weight is 332 g/mol. The first-order chi connectivity index (χ1) is 11.9. The number of aromatic nitrogens is 2. The fraction of sp³-hybridized carbons (Fsp3) is 0.304. The second kappa shape index (κ2) is 6.79. The van der Waals surface area contributed by atoms with Gasteiger partial charge in [-0.15, -0.1) is 11.1 Å². The molecule has 0 atom stereocenters. The van der Waals surface area contributed by atoms with E-state index in [0.29, 0.717) is 11.8 Å². The molecule has 2 heteroatoms. The maximum atomic E-state index is 4.23. The van der Waals surface area contributed by atoms with Gasteiger partial charge in [0.25, 0.3) is 0 Å². The first kappa shape index (κ1) is 17.3. The monoisotopic (exact) mass is 332 g/mol. The number of imidazole rings is 1. The Morgan fingerprint density at radius 3 is 2.12 bits per heavy atom. The number of hydrogen-bond acceptors (Lipinski definition) is 0. The summed E-state index contributed by atoms with van der Waals surface area (Å²) in [5.41, 5.74) is 5.22. The zero-order valence-corrected chi connectivity index (χ0v) is 16.0. The molecule has 1 aromatic heterocycles. The predicted octanol–water partition coefficient (Wildman–Crippen LogP) is 4.64. The van der Waals surface area contributed by atoms with Gasteiger partial charge >= 0.3 is 5.82 Å². The van der Waals surface area contributed by atoms with E-state index in [9.17, 15) is 0 Å². The third-order valence-electron chi connectivity index (χ3n) is 4.87. The minimum absolute atomic E-state index is 0.457. The highest BCUT2D eigenvalue weighted by atomic mass is 15.0. The van der Waals surface area contributed by atoms with E-state index in [0.717, 1.165) is 5.82 Å². The highest BCUT2D eigenvalue weighted by Gasteiger charge is 2.17. The lowest BCUT2D eigenvalue weighted by atomic mass is 9.94. The summed E-state index contributed by atoms with van der Waals surface area (Å²) in [7, 11) is 0. The van der Waals surface area contributed by atoms with Crippen LogP contribution in [0.15, 0.2) is 54.9 Å². The molecule has 130 valence electrons. The number of benzene rings is 2. The van der Waals surface area contributed by atoms with Gasteiger partial charge in [-0.2, -0.15) is 26.7 Å². The Kier molecular flexibility index (Phi) is 4.71. The molecule has 1 heterocycles. The summed E-state index contributed by atoms with van der Waals surface area (Å²) in [6, 6.07) is 15.2. The smallest absolute Gasteiger partial charge is 0.195 e. The van der Waals surface area contributed by atoms with Crippen LogP contribution in [-0.2, 0) is 0 Å². The number of nitrogens with zero attached hydrogens (tertiary/aromatic N) is 2. The lowest BCUT2D eigenvalue weighted by molar-refractivity contribution is -0.591. The van der Waals surface area contributed by atoms with E-state index < -0.39 is 0 Å². The number of para-hydroxylation sites is 1. The minimum atomic E-state index is 0.457. The van der Waals surface area contributed by atoms with Crippen LogP contribution in [0.1, 0.15) is 56.2 Å². The fourth-order valence-electron chi connectivity index (χ4n) is 3.51. The van der Waals surface area contributed by atoms with Crippen molar-refractivity contribution in [3.8, 4) is 11.4 Å². The molecule has 0 N–H and O–H groups in total. The van der Waals surface area contributed by atoms with E-state index in [1.807, 2.05) is 10.4 Å². The minimum Gasteiger partial charge on any atom is -0.195 e. The standard InChI is InChI=1S/C23H28N2/c1-16(2)19-12-9-13-20(17(3)4)22(19)25-15-14-24(6)23(25)21-11-8-7-10-18(21)5/h7-17H,6H2,1-5H3. The summed E-state index contributed by atoms with van der Waals surface area (Å²) in [6.07, 6.45) is 4.19. The van der Waals surface area contributed by atoms with E-state index in [2.05, 4.69) is 94.2 Å². The maximum absolute atomic E-state index is 4.23. The summed E-state index contributed by atoms with van der Waals surface area (Å²) in [4.78, 5) is 0. The van der Waals surface area contributed by atoms with Gasteiger partial charge in [0.05, 0.1) is 5.36 Å². The first-order valence-electron chi connectivity index (χ1n) is 9.04. The molecule has 0 saturated heterocycles. The normalized spacial score (nSPS) is 11.5. The third kappa shape index (κ3) is 3.09. The molecule has 0 saturated carbocycles. The third-order valence-corrected chi connectivity index (χ3v) is 4.87. The van der Waals surface area contributed by atoms with E-state index in [1.165, 1.54) is 27.6 Å². The molecule has 0 amide bonds. The van der Waals surface area contributed by atoms with Gasteiger partial charge < -0.3 is 0 Å². The van der Waals surface area contributed by atoms with Crippen LogP contribution < -0.4 is 8.49 Å². The zero-order valence-electron chi connectivity index (χ0n) is 16.0. The van der Waals surface area contributed by atoms with Crippen LogP contribution >= 0.6 is 0 Å². The van der Waals surface area contributed by atoms with Crippen molar-refractivity contribution in [2.45, 2.75) is 46.5 Å². The van der Waals surface area contributed by atoms with Crippen LogP contribution in [-0.4, -0.2) is 0 Å². The van der Waals surface area contributed by atoms with Gasteiger partial charge in [0.2, 0.25) is 0 Å². The summed E-state index contributed by atoms with van der Waals surface area (Å²) >= 11 is 0. The topological polar surface area (TPSA) is 11.8 Å². The molecule has 0 fully saturated rings. The van der Waals surface area contributed by atoms with Crippen LogP contribution in [0.2, 0.25) is 0 Å². The predicted molar refractivity (Wildman–Crippen MR) is 102 cm³/mol. The molecule has 2 nitrogen and oxygen atoms in total. The molecule has 0 radical (unpaired) electrons. The van der Waals surface area contributed by atoms with Crippen LogP contribution in [0.5, 0.6) is 0 Å². The van der Waals surface area contributed by atoms with E-state index >= 15 is 0 Å². The highest BCUT2D eigenvalue weighted by Crippen LogP contribution is 2.23. The van der Waals surface area contributed by atoms with Gasteiger partial charge in [-0.05, 0) is 0 Å². The van der Waals surface area contributed by atoms with Crippen molar-refractivity contribution in [1.29, 1.82) is 0 Å². The molecule has 25 heavy (non-hydrogen) atoms. The second-order valence-electron chi connectivity index (χ2n) is 7.37. The van der Waals surface area contributed by atoms with E-state index in [4.69, 9.17) is 0 Å². The maximum Gasteiger partial charge on any atom is 0.395 e. The zero-order chi connectivity index (χ0) is 18.1. The molecule has 0 aliphatic carbocycles. The molecular weight excluding hydrogens is 304 g/mol. The van der Waals surface area contributed by atoms with Crippen molar-refractivity contribution in [1.82, 2.24) is 0 Å². The lowest BCUT2D eigenvalue weighted by Gasteiger charge is -2.18. The van der Waals surface area contributed by atoms with Crippen molar-refractivity contribution < 1.29 is 8.49 Å².